The quantitative estimate of drug-likeness (QED) is 0.620. The van der Waals surface area contributed by atoms with Crippen molar-refractivity contribution in [1.82, 2.24) is 4.90 Å². The molecule has 3 rings (SSSR count). The summed E-state index contributed by atoms with van der Waals surface area (Å²) in [6, 6.07) is 9.35. The largest absolute Gasteiger partial charge is 0.503 e. The van der Waals surface area contributed by atoms with Crippen molar-refractivity contribution in [3.8, 4) is 11.5 Å². The highest BCUT2D eigenvalue weighted by Gasteiger charge is 2.32. The van der Waals surface area contributed by atoms with Crippen LogP contribution in [-0.4, -0.2) is 45.3 Å². The molecule has 0 saturated carbocycles. The Bertz CT molecular complexity index is 1070. The van der Waals surface area contributed by atoms with Crippen LogP contribution in [0.3, 0.4) is 0 Å². The highest BCUT2D eigenvalue weighted by molar-refractivity contribution is 8.18. The summed E-state index contributed by atoms with van der Waals surface area (Å²) in [4.78, 5) is 30.4. The minimum Gasteiger partial charge on any atom is -0.503 e. The van der Waals surface area contributed by atoms with Gasteiger partial charge in [0.25, 0.3) is 5.91 Å². The Morgan fingerprint density at radius 1 is 1.30 bits per heavy atom. The Balaban J connectivity index is 1.96. The number of amidine groups is 1. The van der Waals surface area contributed by atoms with Crippen molar-refractivity contribution in [3.05, 3.63) is 57.5 Å². The number of aromatic carboxylic acids is 1. The first kappa shape index (κ1) is 21.7. The van der Waals surface area contributed by atoms with Crippen LogP contribution < -0.4 is 4.74 Å². The van der Waals surface area contributed by atoms with Crippen molar-refractivity contribution in [2.45, 2.75) is 13.8 Å². The molecule has 0 unspecified atom stereocenters. The third kappa shape index (κ3) is 4.60. The number of hydrogen-bond donors (Lipinski definition) is 2. The van der Waals surface area contributed by atoms with Crippen LogP contribution in [-0.2, 0) is 4.79 Å². The number of carboxylic acids is 1. The normalized spacial score (nSPS) is 16.5. The van der Waals surface area contributed by atoms with Crippen LogP contribution in [0.2, 0.25) is 5.02 Å². The van der Waals surface area contributed by atoms with Crippen molar-refractivity contribution in [3.63, 3.8) is 0 Å². The second-order valence-electron chi connectivity index (χ2n) is 6.19. The minimum atomic E-state index is -1.05. The van der Waals surface area contributed by atoms with Crippen LogP contribution >= 0.6 is 23.4 Å². The molecule has 156 valence electrons. The van der Waals surface area contributed by atoms with Gasteiger partial charge in [-0.25, -0.2) is 9.79 Å². The van der Waals surface area contributed by atoms with Gasteiger partial charge >= 0.3 is 5.97 Å². The average molecular weight is 447 g/mol. The molecule has 0 spiro atoms. The first-order valence-corrected chi connectivity index (χ1v) is 10.3. The van der Waals surface area contributed by atoms with Gasteiger partial charge in [-0.15, -0.1) is 0 Å². The molecule has 0 atom stereocenters. The summed E-state index contributed by atoms with van der Waals surface area (Å²) in [5.74, 6) is -1.19. The third-order valence-electron chi connectivity index (χ3n) is 4.17. The molecule has 0 aliphatic carbocycles. The van der Waals surface area contributed by atoms with E-state index in [9.17, 15) is 14.7 Å². The van der Waals surface area contributed by atoms with Gasteiger partial charge in [0.1, 0.15) is 0 Å². The molecule has 7 nitrogen and oxygen atoms in total. The third-order valence-corrected chi connectivity index (χ3v) is 5.47. The highest BCUT2D eigenvalue weighted by atomic mass is 35.5. The monoisotopic (exact) mass is 446 g/mol. The number of carboxylic acid groups (broad SMARTS) is 1. The topological polar surface area (TPSA) is 99.4 Å². The van der Waals surface area contributed by atoms with E-state index < -0.39 is 5.97 Å². The average Bonchev–Trinajstić information content (AvgIpc) is 3.00. The van der Waals surface area contributed by atoms with E-state index in [1.165, 1.54) is 28.8 Å². The summed E-state index contributed by atoms with van der Waals surface area (Å²) in [6.07, 6.45) is 1.65. The number of nitrogens with zero attached hydrogens (tertiary/aromatic N) is 2. The number of amides is 1. The summed E-state index contributed by atoms with van der Waals surface area (Å²) < 4.78 is 5.38. The zero-order valence-electron chi connectivity index (χ0n) is 16.3. The number of likely N-dealkylation sites (N-methyl/N-ethyl adjacent to an activating group) is 1. The molecule has 0 radical (unpaired) electrons. The fourth-order valence-corrected chi connectivity index (χ4v) is 4.06. The number of rotatable bonds is 6. The van der Waals surface area contributed by atoms with Crippen molar-refractivity contribution in [2.24, 2.45) is 4.99 Å². The van der Waals surface area contributed by atoms with Crippen molar-refractivity contribution < 1.29 is 24.5 Å². The van der Waals surface area contributed by atoms with Crippen molar-refractivity contribution in [2.75, 3.05) is 13.2 Å². The number of benzene rings is 2. The van der Waals surface area contributed by atoms with Gasteiger partial charge in [0, 0.05) is 6.54 Å². The molecule has 2 N–H and O–H groups in total. The van der Waals surface area contributed by atoms with Gasteiger partial charge in [-0.2, -0.15) is 0 Å². The number of hydrogen-bond acceptors (Lipinski definition) is 6. The van der Waals surface area contributed by atoms with Gasteiger partial charge in [-0.1, -0.05) is 17.7 Å². The van der Waals surface area contributed by atoms with E-state index in [1.807, 2.05) is 6.92 Å². The molecular weight excluding hydrogens is 428 g/mol. The maximum atomic E-state index is 12.8. The van der Waals surface area contributed by atoms with Crippen molar-refractivity contribution in [1.29, 1.82) is 0 Å². The number of phenols is 1. The summed E-state index contributed by atoms with van der Waals surface area (Å²) >= 11 is 7.25. The van der Waals surface area contributed by atoms with E-state index in [-0.39, 0.29) is 28.0 Å². The molecule has 2 aromatic carbocycles. The van der Waals surface area contributed by atoms with Gasteiger partial charge in [0.2, 0.25) is 0 Å². The lowest BCUT2D eigenvalue weighted by molar-refractivity contribution is -0.122. The zero-order chi connectivity index (χ0) is 21.8. The Kier molecular flexibility index (Phi) is 6.69. The number of carbonyl (C=O) groups is 2. The van der Waals surface area contributed by atoms with E-state index in [0.29, 0.717) is 34.5 Å². The van der Waals surface area contributed by atoms with Crippen LogP contribution in [0.1, 0.15) is 29.8 Å². The molecule has 1 fully saturated rings. The van der Waals surface area contributed by atoms with Crippen LogP contribution in [0, 0.1) is 0 Å². The predicted molar refractivity (Wildman–Crippen MR) is 118 cm³/mol. The van der Waals surface area contributed by atoms with Crippen molar-refractivity contribution >= 4 is 52.2 Å². The van der Waals surface area contributed by atoms with E-state index in [2.05, 4.69) is 4.99 Å². The summed E-state index contributed by atoms with van der Waals surface area (Å²) in [6.45, 7) is 4.37. The highest BCUT2D eigenvalue weighted by Crippen LogP contribution is 2.38. The molecule has 9 heteroatoms. The number of thioether (sulfide) groups is 1. The summed E-state index contributed by atoms with van der Waals surface area (Å²) in [5.41, 5.74) is 1.16. The second-order valence-corrected chi connectivity index (χ2v) is 7.61. The maximum absolute atomic E-state index is 12.8. The van der Waals surface area contributed by atoms with Gasteiger partial charge in [0.05, 0.1) is 27.8 Å². The molecule has 1 aliphatic heterocycles. The number of aromatic hydroxyl groups is 1. The van der Waals surface area contributed by atoms with Crippen LogP contribution in [0.4, 0.5) is 5.69 Å². The molecule has 0 bridgehead atoms. The smallest absolute Gasteiger partial charge is 0.335 e. The lowest BCUT2D eigenvalue weighted by Crippen LogP contribution is -2.28. The lowest BCUT2D eigenvalue weighted by Gasteiger charge is -2.12. The number of halogens is 1. The molecule has 1 saturated heterocycles. The Morgan fingerprint density at radius 3 is 2.73 bits per heavy atom. The first-order valence-electron chi connectivity index (χ1n) is 9.12. The van der Waals surface area contributed by atoms with Gasteiger partial charge in [-0.05, 0) is 67.6 Å². The molecule has 0 aromatic heterocycles. The van der Waals surface area contributed by atoms with E-state index >= 15 is 0 Å². The van der Waals surface area contributed by atoms with Gasteiger partial charge in [-0.3, -0.25) is 9.69 Å². The van der Waals surface area contributed by atoms with Crippen LogP contribution in [0.25, 0.3) is 6.08 Å². The summed E-state index contributed by atoms with van der Waals surface area (Å²) in [5, 5.41) is 19.7. The lowest BCUT2D eigenvalue weighted by atomic mass is 10.2. The number of carbonyl (C=O) groups excluding carboxylic acids is 1. The number of aliphatic imine (C=N–C) groups is 1. The Morgan fingerprint density at radius 2 is 2.07 bits per heavy atom. The minimum absolute atomic E-state index is 0.118. The Labute approximate surface area is 182 Å². The number of ether oxygens (including phenoxy) is 1. The van der Waals surface area contributed by atoms with E-state index in [1.54, 1.807) is 37.3 Å². The van der Waals surface area contributed by atoms with E-state index in [4.69, 9.17) is 21.4 Å². The van der Waals surface area contributed by atoms with Crippen LogP contribution in [0.15, 0.2) is 46.3 Å². The molecule has 1 amide bonds. The molecule has 1 heterocycles. The SMILES string of the molecule is CCOc1cc(/C=C2\SC(=Nc3cccc(C(=O)O)c3)N(CC)C2=O)cc(Cl)c1O. The molecular formula is C21H19ClN2O5S. The standard InChI is InChI=1S/C21H19ClN2O5S/c1-3-24-19(26)17(10-12-8-15(22)18(25)16(9-12)29-4-2)30-21(24)23-14-7-5-6-13(11-14)20(27)28/h5-11,25H,3-4H2,1-2H3,(H,27,28)/b17-10-,23-21?. The van der Waals surface area contributed by atoms with Gasteiger partial charge in [0.15, 0.2) is 16.7 Å². The fraction of sp³-hybridized carbons (Fsp3) is 0.190. The van der Waals surface area contributed by atoms with Crippen LogP contribution in [0.5, 0.6) is 11.5 Å². The first-order chi connectivity index (χ1) is 14.3. The molecule has 1 aliphatic rings. The summed E-state index contributed by atoms with van der Waals surface area (Å²) in [7, 11) is 0. The van der Waals surface area contributed by atoms with Gasteiger partial charge < -0.3 is 14.9 Å². The second kappa shape index (κ2) is 9.23. The van der Waals surface area contributed by atoms with E-state index in [0.717, 1.165) is 0 Å². The number of phenolic OH excluding ortho intramolecular Hbond substituents is 1. The molecule has 30 heavy (non-hydrogen) atoms. The predicted octanol–water partition coefficient (Wildman–Crippen LogP) is 4.77. The fourth-order valence-electron chi connectivity index (χ4n) is 2.78. The Hall–Kier alpha value is -2.97. The zero-order valence-corrected chi connectivity index (χ0v) is 17.8. The maximum Gasteiger partial charge on any atom is 0.335 e. The molecule has 2 aromatic rings.